The van der Waals surface area contributed by atoms with E-state index >= 15 is 0 Å². The topological polar surface area (TPSA) is 62.8 Å². The maximum Gasteiger partial charge on any atom is 0.154 e. The Kier molecular flexibility index (Phi) is 5.07. The van der Waals surface area contributed by atoms with E-state index in [9.17, 15) is 8.42 Å². The largest absolute Gasteiger partial charge is 0.285 e. The summed E-state index contributed by atoms with van der Waals surface area (Å²) in [5, 5.41) is 7.43. The Hall–Kier alpha value is -1.04. The minimum Gasteiger partial charge on any atom is -0.285 e. The molecule has 1 N–H and O–H groups in total. The van der Waals surface area contributed by atoms with E-state index in [0.29, 0.717) is 28.5 Å². The lowest BCUT2D eigenvalue weighted by atomic mass is 10.2. The summed E-state index contributed by atoms with van der Waals surface area (Å²) in [6, 6.07) is 4.84. The second kappa shape index (κ2) is 6.61. The third-order valence-electron chi connectivity index (χ3n) is 2.86. The third-order valence-corrected chi connectivity index (χ3v) is 5.12. The van der Waals surface area contributed by atoms with Crippen LogP contribution in [0.15, 0.2) is 30.6 Å². The summed E-state index contributed by atoms with van der Waals surface area (Å²) < 4.78 is 24.1. The lowest BCUT2D eigenvalue weighted by Crippen LogP contribution is -2.10. The Labute approximate surface area is 128 Å². The van der Waals surface area contributed by atoms with Crippen molar-refractivity contribution in [3.63, 3.8) is 0 Å². The Balaban J connectivity index is 1.95. The molecule has 0 saturated carbocycles. The van der Waals surface area contributed by atoms with Gasteiger partial charge in [-0.05, 0) is 42.2 Å². The lowest BCUT2D eigenvalue weighted by molar-refractivity contribution is 0.592. The number of hydrogen-bond acceptors (Lipinski definition) is 3. The normalized spacial score (nSPS) is 11.7. The average molecular weight is 333 g/mol. The van der Waals surface area contributed by atoms with Gasteiger partial charge >= 0.3 is 0 Å². The highest BCUT2D eigenvalue weighted by Gasteiger charge is 2.14. The fourth-order valence-corrected chi connectivity index (χ4v) is 3.77. The van der Waals surface area contributed by atoms with Crippen LogP contribution >= 0.6 is 23.2 Å². The number of halogens is 2. The zero-order valence-corrected chi connectivity index (χ0v) is 13.0. The van der Waals surface area contributed by atoms with Crippen LogP contribution < -0.4 is 0 Å². The second-order valence-electron chi connectivity index (χ2n) is 4.54. The molecule has 7 heteroatoms. The fourth-order valence-electron chi connectivity index (χ4n) is 1.87. The Morgan fingerprint density at radius 1 is 1.25 bits per heavy atom. The highest BCUT2D eigenvalue weighted by molar-refractivity contribution is 7.90. The number of nitrogens with zero attached hydrogens (tertiary/aromatic N) is 1. The number of rotatable bonds is 6. The number of benzene rings is 1. The van der Waals surface area contributed by atoms with Crippen LogP contribution in [0.1, 0.15) is 17.5 Å². The molecule has 0 fully saturated rings. The van der Waals surface area contributed by atoms with Crippen molar-refractivity contribution < 1.29 is 8.42 Å². The molecule has 0 spiro atoms. The number of nitrogens with one attached hydrogen (secondary N) is 1. The number of sulfone groups is 1. The van der Waals surface area contributed by atoms with Crippen molar-refractivity contribution in [2.75, 3.05) is 5.75 Å². The van der Waals surface area contributed by atoms with Crippen molar-refractivity contribution in [2.45, 2.75) is 18.6 Å². The Morgan fingerprint density at radius 2 is 2.05 bits per heavy atom. The van der Waals surface area contributed by atoms with Crippen molar-refractivity contribution in [1.29, 1.82) is 0 Å². The number of hydrogen-bond donors (Lipinski definition) is 1. The molecule has 0 radical (unpaired) electrons. The number of aromatic amines is 1. The van der Waals surface area contributed by atoms with Gasteiger partial charge in [-0.15, -0.1) is 0 Å². The van der Waals surface area contributed by atoms with Crippen LogP contribution in [-0.2, 0) is 22.0 Å². The maximum atomic E-state index is 12.1. The van der Waals surface area contributed by atoms with E-state index in [1.165, 1.54) is 0 Å². The summed E-state index contributed by atoms with van der Waals surface area (Å²) in [5.41, 5.74) is 1.54. The summed E-state index contributed by atoms with van der Waals surface area (Å²) in [4.78, 5) is 0. The van der Waals surface area contributed by atoms with Gasteiger partial charge in [-0.2, -0.15) is 5.10 Å². The van der Waals surface area contributed by atoms with Gasteiger partial charge < -0.3 is 0 Å². The first kappa shape index (κ1) is 15.4. The minimum absolute atomic E-state index is 0.0855. The SMILES string of the molecule is O=S(=O)(CCCc1cn[nH]c1)Cc1cc(Cl)ccc1Cl. The van der Waals surface area contributed by atoms with Gasteiger partial charge in [0, 0.05) is 16.2 Å². The summed E-state index contributed by atoms with van der Waals surface area (Å²) in [6.45, 7) is 0. The molecule has 20 heavy (non-hydrogen) atoms. The maximum absolute atomic E-state index is 12.1. The molecule has 1 aromatic heterocycles. The number of aryl methyl sites for hydroxylation is 1. The van der Waals surface area contributed by atoms with Crippen LogP contribution in [0.4, 0.5) is 0 Å². The quantitative estimate of drug-likeness (QED) is 0.882. The van der Waals surface area contributed by atoms with Gasteiger partial charge in [0.25, 0.3) is 0 Å². The zero-order valence-electron chi connectivity index (χ0n) is 10.6. The number of aromatic nitrogens is 2. The smallest absolute Gasteiger partial charge is 0.154 e. The van der Waals surface area contributed by atoms with Crippen molar-refractivity contribution in [3.05, 3.63) is 51.8 Å². The fraction of sp³-hybridized carbons (Fsp3) is 0.308. The van der Waals surface area contributed by atoms with E-state index in [2.05, 4.69) is 10.2 Å². The van der Waals surface area contributed by atoms with Crippen LogP contribution in [0.2, 0.25) is 10.0 Å². The lowest BCUT2D eigenvalue weighted by Gasteiger charge is -2.06. The molecule has 1 aromatic carbocycles. The highest BCUT2D eigenvalue weighted by Crippen LogP contribution is 2.23. The molecule has 2 aromatic rings. The molecule has 0 atom stereocenters. The van der Waals surface area contributed by atoms with Gasteiger partial charge in [0.2, 0.25) is 0 Å². The van der Waals surface area contributed by atoms with Crippen LogP contribution in [0.5, 0.6) is 0 Å². The van der Waals surface area contributed by atoms with Crippen LogP contribution in [-0.4, -0.2) is 24.4 Å². The standard InChI is InChI=1S/C13H14Cl2N2O2S/c14-12-3-4-13(15)11(6-12)9-20(18,19)5-1-2-10-7-16-17-8-10/h3-4,6-8H,1-2,5,9H2,(H,16,17). The zero-order chi connectivity index (χ0) is 14.6. The minimum atomic E-state index is -3.20. The van der Waals surface area contributed by atoms with E-state index in [4.69, 9.17) is 23.2 Å². The Bertz CT molecular complexity index is 670. The van der Waals surface area contributed by atoms with Gasteiger partial charge in [-0.25, -0.2) is 8.42 Å². The molecule has 108 valence electrons. The summed E-state index contributed by atoms with van der Waals surface area (Å²) in [7, 11) is -3.20. The molecule has 0 amide bonds. The van der Waals surface area contributed by atoms with Crippen molar-refractivity contribution in [2.24, 2.45) is 0 Å². The monoisotopic (exact) mass is 332 g/mol. The molecule has 0 aliphatic heterocycles. The van der Waals surface area contributed by atoms with Crippen LogP contribution in [0.25, 0.3) is 0 Å². The van der Waals surface area contributed by atoms with Crippen molar-refractivity contribution >= 4 is 33.0 Å². The van der Waals surface area contributed by atoms with E-state index in [0.717, 1.165) is 5.56 Å². The average Bonchev–Trinajstić information content (AvgIpc) is 2.86. The van der Waals surface area contributed by atoms with Crippen LogP contribution in [0.3, 0.4) is 0 Å². The molecule has 0 saturated heterocycles. The summed E-state index contributed by atoms with van der Waals surface area (Å²) in [5.74, 6) is 0.0266. The predicted octanol–water partition coefficient (Wildman–Crippen LogP) is 3.26. The molecule has 0 aliphatic rings. The predicted molar refractivity (Wildman–Crippen MR) is 80.9 cm³/mol. The van der Waals surface area contributed by atoms with Gasteiger partial charge in [0.1, 0.15) is 0 Å². The van der Waals surface area contributed by atoms with E-state index < -0.39 is 9.84 Å². The second-order valence-corrected chi connectivity index (χ2v) is 7.57. The van der Waals surface area contributed by atoms with Crippen molar-refractivity contribution in [1.82, 2.24) is 10.2 Å². The third kappa shape index (κ3) is 4.51. The van der Waals surface area contributed by atoms with Gasteiger partial charge in [-0.1, -0.05) is 23.2 Å². The van der Waals surface area contributed by atoms with E-state index in [1.807, 2.05) is 0 Å². The van der Waals surface area contributed by atoms with E-state index in [1.54, 1.807) is 30.6 Å². The molecule has 0 unspecified atom stereocenters. The summed E-state index contributed by atoms with van der Waals surface area (Å²) in [6.07, 6.45) is 4.69. The van der Waals surface area contributed by atoms with Gasteiger partial charge in [0.05, 0.1) is 17.7 Å². The highest BCUT2D eigenvalue weighted by atomic mass is 35.5. The molecular weight excluding hydrogens is 319 g/mol. The van der Waals surface area contributed by atoms with Gasteiger partial charge in [-0.3, -0.25) is 5.10 Å². The van der Waals surface area contributed by atoms with E-state index in [-0.39, 0.29) is 11.5 Å². The first-order chi connectivity index (χ1) is 9.46. The molecule has 0 bridgehead atoms. The molecule has 1 heterocycles. The molecule has 2 rings (SSSR count). The molecule has 0 aliphatic carbocycles. The Morgan fingerprint density at radius 3 is 2.75 bits per heavy atom. The van der Waals surface area contributed by atoms with Crippen molar-refractivity contribution in [3.8, 4) is 0 Å². The summed E-state index contributed by atoms with van der Waals surface area (Å²) >= 11 is 11.8. The van der Waals surface area contributed by atoms with Crippen LogP contribution in [0, 0.1) is 0 Å². The number of H-pyrrole nitrogens is 1. The molecular formula is C13H14Cl2N2O2S. The molecule has 4 nitrogen and oxygen atoms in total. The van der Waals surface area contributed by atoms with Gasteiger partial charge in [0.15, 0.2) is 9.84 Å². The first-order valence-electron chi connectivity index (χ1n) is 6.08. The first-order valence-corrected chi connectivity index (χ1v) is 8.66.